The molecule has 1 aliphatic heterocycles. The van der Waals surface area contributed by atoms with Crippen molar-refractivity contribution in [3.8, 4) is 10.7 Å². The number of hydrogen-bond acceptors (Lipinski definition) is 6. The molecule has 0 N–H and O–H groups in total. The number of amides is 1. The van der Waals surface area contributed by atoms with Gasteiger partial charge in [0, 0.05) is 44.5 Å². The number of thiophene rings is 1. The van der Waals surface area contributed by atoms with Crippen LogP contribution in [0.2, 0.25) is 0 Å². The van der Waals surface area contributed by atoms with E-state index in [4.69, 9.17) is 4.74 Å². The second kappa shape index (κ2) is 7.76. The van der Waals surface area contributed by atoms with Gasteiger partial charge in [0.15, 0.2) is 5.82 Å². The molecule has 3 aromatic rings. The molecule has 1 amide bonds. The van der Waals surface area contributed by atoms with E-state index in [0.717, 1.165) is 11.3 Å². The van der Waals surface area contributed by atoms with Crippen LogP contribution >= 0.6 is 11.3 Å². The molecular formula is C18H19N5O2S. The van der Waals surface area contributed by atoms with Gasteiger partial charge in [-0.2, -0.15) is 5.10 Å². The summed E-state index contributed by atoms with van der Waals surface area (Å²) in [6, 6.07) is 5.80. The molecule has 7 nitrogen and oxygen atoms in total. The first kappa shape index (κ1) is 16.9. The Morgan fingerprint density at radius 3 is 2.92 bits per heavy atom. The maximum atomic E-state index is 12.9. The standard InChI is InChI=1S/C18H19N5O2S/c24-18(14-10-19-17(20-11-14)16-4-1-9-26-16)22-6-3-8-25-15(12-22)13-23-7-2-5-21-23/h1-2,4-5,7,9-11,15H,3,6,8,12-13H2. The van der Waals surface area contributed by atoms with Crippen LogP contribution < -0.4 is 0 Å². The molecule has 1 aliphatic rings. The van der Waals surface area contributed by atoms with E-state index in [0.29, 0.717) is 37.6 Å². The number of hydrogen-bond donors (Lipinski definition) is 0. The molecule has 1 atom stereocenters. The van der Waals surface area contributed by atoms with Crippen molar-refractivity contribution in [1.29, 1.82) is 0 Å². The van der Waals surface area contributed by atoms with Gasteiger partial charge in [-0.15, -0.1) is 11.3 Å². The van der Waals surface area contributed by atoms with Crippen LogP contribution in [0.25, 0.3) is 10.7 Å². The summed E-state index contributed by atoms with van der Waals surface area (Å²) in [6.45, 7) is 2.47. The number of rotatable bonds is 4. The highest BCUT2D eigenvalue weighted by Gasteiger charge is 2.24. The molecular weight excluding hydrogens is 350 g/mol. The third-order valence-electron chi connectivity index (χ3n) is 4.23. The van der Waals surface area contributed by atoms with E-state index in [2.05, 4.69) is 15.1 Å². The first-order valence-electron chi connectivity index (χ1n) is 8.54. The molecule has 1 saturated heterocycles. The van der Waals surface area contributed by atoms with E-state index >= 15 is 0 Å². The Hall–Kier alpha value is -2.58. The van der Waals surface area contributed by atoms with Gasteiger partial charge in [-0.3, -0.25) is 9.48 Å². The van der Waals surface area contributed by atoms with Crippen molar-refractivity contribution in [3.05, 3.63) is 53.9 Å². The van der Waals surface area contributed by atoms with Crippen LogP contribution in [-0.4, -0.2) is 56.4 Å². The van der Waals surface area contributed by atoms with Crippen molar-refractivity contribution >= 4 is 17.2 Å². The quantitative estimate of drug-likeness (QED) is 0.706. The van der Waals surface area contributed by atoms with Crippen molar-refractivity contribution in [3.63, 3.8) is 0 Å². The lowest BCUT2D eigenvalue weighted by atomic mass is 10.2. The summed E-state index contributed by atoms with van der Waals surface area (Å²) in [6.07, 6.45) is 7.60. The van der Waals surface area contributed by atoms with Gasteiger partial charge in [0.05, 0.1) is 23.1 Å². The van der Waals surface area contributed by atoms with Gasteiger partial charge >= 0.3 is 0 Å². The predicted octanol–water partition coefficient (Wildman–Crippen LogP) is 2.33. The summed E-state index contributed by atoms with van der Waals surface area (Å²) in [5.41, 5.74) is 0.505. The first-order valence-corrected chi connectivity index (χ1v) is 9.42. The minimum atomic E-state index is -0.0762. The average Bonchev–Trinajstić information content (AvgIpc) is 3.33. The van der Waals surface area contributed by atoms with E-state index < -0.39 is 0 Å². The Labute approximate surface area is 155 Å². The fraction of sp³-hybridized carbons (Fsp3) is 0.333. The maximum Gasteiger partial charge on any atom is 0.257 e. The van der Waals surface area contributed by atoms with Crippen LogP contribution in [0.4, 0.5) is 0 Å². The molecule has 1 unspecified atom stereocenters. The molecule has 26 heavy (non-hydrogen) atoms. The smallest absolute Gasteiger partial charge is 0.257 e. The number of carbonyl (C=O) groups is 1. The highest BCUT2D eigenvalue weighted by Crippen LogP contribution is 2.20. The lowest BCUT2D eigenvalue weighted by Crippen LogP contribution is -2.38. The fourth-order valence-corrected chi connectivity index (χ4v) is 3.63. The topological polar surface area (TPSA) is 73.1 Å². The van der Waals surface area contributed by atoms with Gasteiger partial charge in [0.2, 0.25) is 0 Å². The van der Waals surface area contributed by atoms with Crippen molar-refractivity contribution < 1.29 is 9.53 Å². The highest BCUT2D eigenvalue weighted by molar-refractivity contribution is 7.13. The lowest BCUT2D eigenvalue weighted by Gasteiger charge is -2.24. The zero-order valence-electron chi connectivity index (χ0n) is 14.2. The third-order valence-corrected chi connectivity index (χ3v) is 5.09. The lowest BCUT2D eigenvalue weighted by molar-refractivity contribution is 0.0367. The van der Waals surface area contributed by atoms with Crippen molar-refractivity contribution in [2.45, 2.75) is 19.1 Å². The van der Waals surface area contributed by atoms with Gasteiger partial charge in [0.1, 0.15) is 0 Å². The number of ether oxygens (including phenoxy) is 1. The Balaban J connectivity index is 1.45. The Kier molecular flexibility index (Phi) is 5.03. The molecule has 8 heteroatoms. The average molecular weight is 369 g/mol. The largest absolute Gasteiger partial charge is 0.374 e. The summed E-state index contributed by atoms with van der Waals surface area (Å²) in [4.78, 5) is 24.4. The van der Waals surface area contributed by atoms with Crippen LogP contribution in [0.1, 0.15) is 16.8 Å². The fourth-order valence-electron chi connectivity index (χ4n) is 2.96. The van der Waals surface area contributed by atoms with E-state index in [1.54, 1.807) is 29.9 Å². The summed E-state index contributed by atoms with van der Waals surface area (Å²) in [5, 5.41) is 6.20. The molecule has 4 heterocycles. The summed E-state index contributed by atoms with van der Waals surface area (Å²) >= 11 is 1.58. The van der Waals surface area contributed by atoms with Crippen LogP contribution in [0.5, 0.6) is 0 Å². The van der Waals surface area contributed by atoms with Gasteiger partial charge in [-0.05, 0) is 23.9 Å². The van der Waals surface area contributed by atoms with E-state index in [1.165, 1.54) is 0 Å². The predicted molar refractivity (Wildman–Crippen MR) is 97.8 cm³/mol. The van der Waals surface area contributed by atoms with Gasteiger partial charge in [-0.25, -0.2) is 9.97 Å². The van der Waals surface area contributed by atoms with Crippen molar-refractivity contribution in [1.82, 2.24) is 24.6 Å². The number of aromatic nitrogens is 4. The zero-order valence-corrected chi connectivity index (χ0v) is 15.0. The third kappa shape index (κ3) is 3.81. The van der Waals surface area contributed by atoms with Crippen molar-refractivity contribution in [2.24, 2.45) is 0 Å². The first-order chi connectivity index (χ1) is 12.8. The maximum absolute atomic E-state index is 12.9. The van der Waals surface area contributed by atoms with Gasteiger partial charge in [-0.1, -0.05) is 6.07 Å². The van der Waals surface area contributed by atoms with Crippen LogP contribution in [-0.2, 0) is 11.3 Å². The molecule has 0 aromatic carbocycles. The number of carbonyl (C=O) groups excluding carboxylic acids is 1. The van der Waals surface area contributed by atoms with Gasteiger partial charge < -0.3 is 9.64 Å². The van der Waals surface area contributed by atoms with Gasteiger partial charge in [0.25, 0.3) is 5.91 Å². The Bertz CT molecular complexity index is 833. The molecule has 0 aliphatic carbocycles. The molecule has 3 aromatic heterocycles. The molecule has 0 bridgehead atoms. The van der Waals surface area contributed by atoms with E-state index in [1.807, 2.05) is 39.4 Å². The number of nitrogens with zero attached hydrogens (tertiary/aromatic N) is 5. The normalized spacial score (nSPS) is 17.8. The van der Waals surface area contributed by atoms with Crippen LogP contribution in [0, 0.1) is 0 Å². The van der Waals surface area contributed by atoms with Crippen LogP contribution in [0.15, 0.2) is 48.4 Å². The Morgan fingerprint density at radius 1 is 1.31 bits per heavy atom. The minimum absolute atomic E-state index is 0.0568. The molecule has 134 valence electrons. The Morgan fingerprint density at radius 2 is 2.19 bits per heavy atom. The van der Waals surface area contributed by atoms with Crippen molar-refractivity contribution in [2.75, 3.05) is 19.7 Å². The summed E-state index contributed by atoms with van der Waals surface area (Å²) in [7, 11) is 0. The second-order valence-corrected chi connectivity index (χ2v) is 7.05. The molecule has 4 rings (SSSR count). The molecule has 0 saturated carbocycles. The SMILES string of the molecule is O=C(c1cnc(-c2cccs2)nc1)N1CCCOC(Cn2cccn2)C1. The van der Waals surface area contributed by atoms with E-state index in [9.17, 15) is 4.79 Å². The minimum Gasteiger partial charge on any atom is -0.374 e. The molecule has 1 fully saturated rings. The second-order valence-electron chi connectivity index (χ2n) is 6.10. The highest BCUT2D eigenvalue weighted by atomic mass is 32.1. The molecule has 0 radical (unpaired) electrons. The summed E-state index contributed by atoms with van der Waals surface area (Å²) in [5.74, 6) is 0.589. The zero-order chi connectivity index (χ0) is 17.8. The van der Waals surface area contributed by atoms with Crippen LogP contribution in [0.3, 0.4) is 0 Å². The monoisotopic (exact) mass is 369 g/mol. The summed E-state index contributed by atoms with van der Waals surface area (Å²) < 4.78 is 7.71. The van der Waals surface area contributed by atoms with E-state index in [-0.39, 0.29) is 12.0 Å². The molecule has 0 spiro atoms.